The molecule has 2 aliphatic rings. The molecule has 1 saturated heterocycles. The van der Waals surface area contributed by atoms with Crippen LogP contribution in [-0.2, 0) is 14.3 Å². The van der Waals surface area contributed by atoms with Crippen molar-refractivity contribution in [3.63, 3.8) is 0 Å². The number of hydrogen-bond donors (Lipinski definition) is 0. The SMILES string of the molecule is CC1(C)C(=O)CC1OCC1CCCCO1. The van der Waals surface area contributed by atoms with Gasteiger partial charge >= 0.3 is 0 Å². The molecule has 2 unspecified atom stereocenters. The molecular formula is C12H20O3. The summed E-state index contributed by atoms with van der Waals surface area (Å²) in [5, 5.41) is 0. The zero-order valence-electron chi connectivity index (χ0n) is 9.62. The molecule has 1 heterocycles. The molecule has 0 aromatic rings. The Morgan fingerprint density at radius 3 is 2.80 bits per heavy atom. The summed E-state index contributed by atoms with van der Waals surface area (Å²) in [5.41, 5.74) is -0.269. The first kappa shape index (κ1) is 11.1. The average Bonchev–Trinajstić information content (AvgIpc) is 2.25. The fourth-order valence-electron chi connectivity index (χ4n) is 2.16. The van der Waals surface area contributed by atoms with Gasteiger partial charge in [0.2, 0.25) is 0 Å². The van der Waals surface area contributed by atoms with E-state index in [2.05, 4.69) is 0 Å². The highest BCUT2D eigenvalue weighted by molar-refractivity contribution is 5.91. The third-order valence-corrected chi connectivity index (χ3v) is 3.65. The lowest BCUT2D eigenvalue weighted by Crippen LogP contribution is -2.52. The maximum atomic E-state index is 11.3. The van der Waals surface area contributed by atoms with Crippen LogP contribution in [0.25, 0.3) is 0 Å². The van der Waals surface area contributed by atoms with Crippen LogP contribution in [-0.4, -0.2) is 31.2 Å². The number of carbonyl (C=O) groups excluding carboxylic acids is 1. The van der Waals surface area contributed by atoms with Gasteiger partial charge in [-0.2, -0.15) is 0 Å². The number of Topliss-reactive ketones (excluding diaryl/α,β-unsaturated/α-hetero) is 1. The Labute approximate surface area is 91.1 Å². The first-order chi connectivity index (χ1) is 7.10. The van der Waals surface area contributed by atoms with E-state index in [1.165, 1.54) is 12.8 Å². The summed E-state index contributed by atoms with van der Waals surface area (Å²) >= 11 is 0. The summed E-state index contributed by atoms with van der Waals surface area (Å²) in [7, 11) is 0. The number of hydrogen-bond acceptors (Lipinski definition) is 3. The molecule has 2 atom stereocenters. The van der Waals surface area contributed by atoms with E-state index >= 15 is 0 Å². The Bertz CT molecular complexity index is 241. The van der Waals surface area contributed by atoms with E-state index in [-0.39, 0.29) is 17.6 Å². The molecule has 15 heavy (non-hydrogen) atoms. The molecule has 0 amide bonds. The van der Waals surface area contributed by atoms with Crippen LogP contribution in [0.1, 0.15) is 39.5 Å². The van der Waals surface area contributed by atoms with Gasteiger partial charge in [0.05, 0.1) is 24.2 Å². The molecule has 3 nitrogen and oxygen atoms in total. The Kier molecular flexibility index (Phi) is 3.12. The Morgan fingerprint density at radius 2 is 2.27 bits per heavy atom. The molecule has 2 fully saturated rings. The van der Waals surface area contributed by atoms with E-state index in [1.807, 2.05) is 13.8 Å². The lowest BCUT2D eigenvalue weighted by Gasteiger charge is -2.42. The lowest BCUT2D eigenvalue weighted by molar-refractivity contribution is -0.165. The summed E-state index contributed by atoms with van der Waals surface area (Å²) in [4.78, 5) is 11.3. The minimum absolute atomic E-state index is 0.107. The molecule has 0 aromatic heterocycles. The summed E-state index contributed by atoms with van der Waals surface area (Å²) in [6, 6.07) is 0. The maximum Gasteiger partial charge on any atom is 0.143 e. The third-order valence-electron chi connectivity index (χ3n) is 3.65. The third kappa shape index (κ3) is 2.23. The minimum atomic E-state index is -0.269. The van der Waals surface area contributed by atoms with Crippen molar-refractivity contribution in [1.29, 1.82) is 0 Å². The van der Waals surface area contributed by atoms with Gasteiger partial charge in [-0.15, -0.1) is 0 Å². The van der Waals surface area contributed by atoms with E-state index in [4.69, 9.17) is 9.47 Å². The van der Waals surface area contributed by atoms with Gasteiger partial charge in [0.1, 0.15) is 5.78 Å². The standard InChI is InChI=1S/C12H20O3/c1-12(2)10(13)7-11(12)15-8-9-5-3-4-6-14-9/h9,11H,3-8H2,1-2H3. The van der Waals surface area contributed by atoms with Gasteiger partial charge in [0.15, 0.2) is 0 Å². The summed E-state index contributed by atoms with van der Waals surface area (Å²) < 4.78 is 11.3. The molecule has 3 heteroatoms. The number of rotatable bonds is 3. The fourth-order valence-corrected chi connectivity index (χ4v) is 2.16. The Hall–Kier alpha value is -0.410. The van der Waals surface area contributed by atoms with Crippen LogP contribution in [0.3, 0.4) is 0 Å². The van der Waals surface area contributed by atoms with Gasteiger partial charge in [-0.25, -0.2) is 0 Å². The molecule has 1 aliphatic heterocycles. The Morgan fingerprint density at radius 1 is 1.47 bits per heavy atom. The van der Waals surface area contributed by atoms with E-state index < -0.39 is 0 Å². The molecular weight excluding hydrogens is 192 g/mol. The largest absolute Gasteiger partial charge is 0.376 e. The van der Waals surface area contributed by atoms with Gasteiger partial charge in [-0.1, -0.05) is 13.8 Å². The van der Waals surface area contributed by atoms with Crippen LogP contribution in [0.15, 0.2) is 0 Å². The molecule has 86 valence electrons. The normalized spacial score (nSPS) is 34.9. The zero-order chi connectivity index (χ0) is 10.9. The summed E-state index contributed by atoms with van der Waals surface area (Å²) in [6.07, 6.45) is 4.45. The fraction of sp³-hybridized carbons (Fsp3) is 0.917. The summed E-state index contributed by atoms with van der Waals surface area (Å²) in [6.45, 7) is 5.44. The van der Waals surface area contributed by atoms with E-state index in [0.717, 1.165) is 13.0 Å². The molecule has 1 saturated carbocycles. The average molecular weight is 212 g/mol. The van der Waals surface area contributed by atoms with Crippen molar-refractivity contribution in [2.45, 2.75) is 51.7 Å². The van der Waals surface area contributed by atoms with Crippen LogP contribution >= 0.6 is 0 Å². The highest BCUT2D eigenvalue weighted by atomic mass is 16.5. The van der Waals surface area contributed by atoms with E-state index in [9.17, 15) is 4.79 Å². The van der Waals surface area contributed by atoms with Crippen LogP contribution in [0.2, 0.25) is 0 Å². The molecule has 2 rings (SSSR count). The van der Waals surface area contributed by atoms with Crippen molar-refractivity contribution in [1.82, 2.24) is 0 Å². The molecule has 1 aliphatic carbocycles. The highest BCUT2D eigenvalue weighted by Gasteiger charge is 2.48. The minimum Gasteiger partial charge on any atom is -0.376 e. The van der Waals surface area contributed by atoms with Gasteiger partial charge in [-0.05, 0) is 19.3 Å². The van der Waals surface area contributed by atoms with Crippen molar-refractivity contribution < 1.29 is 14.3 Å². The number of ketones is 1. The molecule has 0 bridgehead atoms. The smallest absolute Gasteiger partial charge is 0.143 e. The summed E-state index contributed by atoms with van der Waals surface area (Å²) in [5.74, 6) is 0.317. The second-order valence-electron chi connectivity index (χ2n) is 5.16. The van der Waals surface area contributed by atoms with Gasteiger partial charge in [-0.3, -0.25) is 4.79 Å². The van der Waals surface area contributed by atoms with Gasteiger partial charge in [0, 0.05) is 13.0 Å². The van der Waals surface area contributed by atoms with Crippen LogP contribution < -0.4 is 0 Å². The first-order valence-corrected chi connectivity index (χ1v) is 5.87. The molecule has 0 spiro atoms. The van der Waals surface area contributed by atoms with Crippen molar-refractivity contribution in [2.75, 3.05) is 13.2 Å². The van der Waals surface area contributed by atoms with Gasteiger partial charge in [0.25, 0.3) is 0 Å². The quantitative estimate of drug-likeness (QED) is 0.717. The molecule has 0 radical (unpaired) electrons. The van der Waals surface area contributed by atoms with Crippen LogP contribution in [0, 0.1) is 5.41 Å². The predicted octanol–water partition coefficient (Wildman–Crippen LogP) is 1.94. The van der Waals surface area contributed by atoms with Crippen molar-refractivity contribution in [3.8, 4) is 0 Å². The number of ether oxygens (including phenoxy) is 2. The topological polar surface area (TPSA) is 35.5 Å². The van der Waals surface area contributed by atoms with E-state index in [0.29, 0.717) is 18.8 Å². The maximum absolute atomic E-state index is 11.3. The lowest BCUT2D eigenvalue weighted by atomic mass is 9.68. The van der Waals surface area contributed by atoms with Crippen LogP contribution in [0.4, 0.5) is 0 Å². The second kappa shape index (κ2) is 4.22. The highest BCUT2D eigenvalue weighted by Crippen LogP contribution is 2.38. The van der Waals surface area contributed by atoms with Crippen molar-refractivity contribution >= 4 is 5.78 Å². The molecule has 0 N–H and O–H groups in total. The number of carbonyl (C=O) groups is 1. The first-order valence-electron chi connectivity index (χ1n) is 5.87. The van der Waals surface area contributed by atoms with E-state index in [1.54, 1.807) is 0 Å². The monoisotopic (exact) mass is 212 g/mol. The van der Waals surface area contributed by atoms with Crippen LogP contribution in [0.5, 0.6) is 0 Å². The predicted molar refractivity (Wildman–Crippen MR) is 56.7 cm³/mol. The van der Waals surface area contributed by atoms with Gasteiger partial charge < -0.3 is 9.47 Å². The Balaban J connectivity index is 1.72. The zero-order valence-corrected chi connectivity index (χ0v) is 9.62. The molecule has 0 aromatic carbocycles. The second-order valence-corrected chi connectivity index (χ2v) is 5.16. The van der Waals surface area contributed by atoms with Crippen molar-refractivity contribution in [2.24, 2.45) is 5.41 Å². The van der Waals surface area contributed by atoms with Crippen molar-refractivity contribution in [3.05, 3.63) is 0 Å².